The lowest BCUT2D eigenvalue weighted by molar-refractivity contribution is -0.129. The Morgan fingerprint density at radius 2 is 2.03 bits per heavy atom. The molecule has 0 saturated carbocycles. The van der Waals surface area contributed by atoms with Crippen molar-refractivity contribution in [3.63, 3.8) is 0 Å². The van der Waals surface area contributed by atoms with E-state index in [1.54, 1.807) is 6.07 Å². The number of ether oxygens (including phenoxy) is 3. The summed E-state index contributed by atoms with van der Waals surface area (Å²) in [6.07, 6.45) is 0.636. The fourth-order valence-electron chi connectivity index (χ4n) is 4.70. The molecule has 0 bridgehead atoms. The second-order valence-corrected chi connectivity index (χ2v) is 8.38. The van der Waals surface area contributed by atoms with Gasteiger partial charge in [0, 0.05) is 28.6 Å². The topological polar surface area (TPSA) is 66.1 Å². The highest BCUT2D eigenvalue weighted by molar-refractivity contribution is 6.30. The van der Waals surface area contributed by atoms with E-state index in [0.717, 1.165) is 0 Å². The molecule has 3 aliphatic heterocycles. The van der Waals surface area contributed by atoms with Gasteiger partial charge in [-0.3, -0.25) is 0 Å². The lowest BCUT2D eigenvalue weighted by Crippen LogP contribution is -2.59. The van der Waals surface area contributed by atoms with E-state index in [-0.39, 0.29) is 29.1 Å². The molecule has 5 rings (SSSR count). The molecule has 152 valence electrons. The van der Waals surface area contributed by atoms with Crippen molar-refractivity contribution in [2.45, 2.75) is 24.5 Å². The standard InChI is InChI=1S/C21H19ClF2N2O3/c1-20-2-3-27-9-18(20)21(10-28-19(25)26-21)15-7-14(16(24)8-17(15)29-20)11-4-12(22)6-13(23)5-11/h4-8,18H,2-3,9-10H2,1H3,(H2,25,26). The summed E-state index contributed by atoms with van der Waals surface area (Å²) in [7, 11) is 0. The summed E-state index contributed by atoms with van der Waals surface area (Å²) in [5.74, 6) is -0.871. The molecule has 3 heterocycles. The minimum absolute atomic E-state index is 0.0745. The van der Waals surface area contributed by atoms with Gasteiger partial charge in [0.25, 0.3) is 6.02 Å². The molecule has 1 saturated heterocycles. The molecule has 2 aromatic carbocycles. The van der Waals surface area contributed by atoms with Crippen molar-refractivity contribution in [2.24, 2.45) is 16.6 Å². The van der Waals surface area contributed by atoms with Crippen molar-refractivity contribution in [3.8, 4) is 16.9 Å². The number of fused-ring (bicyclic) bond motifs is 4. The summed E-state index contributed by atoms with van der Waals surface area (Å²) in [5, 5.41) is 0.183. The van der Waals surface area contributed by atoms with Crippen LogP contribution in [0.15, 0.2) is 35.3 Å². The Kier molecular flexibility index (Phi) is 4.05. The van der Waals surface area contributed by atoms with Crippen LogP contribution in [0, 0.1) is 17.6 Å². The van der Waals surface area contributed by atoms with E-state index < -0.39 is 22.8 Å². The maximum Gasteiger partial charge on any atom is 0.283 e. The molecule has 3 aliphatic rings. The Morgan fingerprint density at radius 1 is 1.21 bits per heavy atom. The third kappa shape index (κ3) is 2.79. The molecule has 0 aliphatic carbocycles. The molecular formula is C21H19ClF2N2O3. The number of amidine groups is 1. The SMILES string of the molecule is CC12CCOCC1C1(COC(N)=N1)c1cc(-c3cc(F)cc(Cl)c3)c(F)cc1O2. The summed E-state index contributed by atoms with van der Waals surface area (Å²) in [5.41, 5.74) is 5.59. The summed E-state index contributed by atoms with van der Waals surface area (Å²) >= 11 is 5.98. The molecule has 0 aromatic heterocycles. The van der Waals surface area contributed by atoms with E-state index in [2.05, 4.69) is 4.99 Å². The highest BCUT2D eigenvalue weighted by Crippen LogP contribution is 2.55. The van der Waals surface area contributed by atoms with Crippen molar-refractivity contribution in [1.82, 2.24) is 0 Å². The molecule has 3 atom stereocenters. The van der Waals surface area contributed by atoms with Crippen LogP contribution in [-0.2, 0) is 15.0 Å². The van der Waals surface area contributed by atoms with Gasteiger partial charge in [-0.1, -0.05) is 11.6 Å². The molecule has 0 radical (unpaired) electrons. The maximum atomic E-state index is 15.1. The van der Waals surface area contributed by atoms with Crippen molar-refractivity contribution in [3.05, 3.63) is 52.6 Å². The first-order valence-corrected chi connectivity index (χ1v) is 9.74. The van der Waals surface area contributed by atoms with Crippen LogP contribution < -0.4 is 10.5 Å². The van der Waals surface area contributed by atoms with Crippen LogP contribution in [0.1, 0.15) is 18.9 Å². The Balaban J connectivity index is 1.74. The highest BCUT2D eigenvalue weighted by Gasteiger charge is 2.60. The Morgan fingerprint density at radius 3 is 2.76 bits per heavy atom. The van der Waals surface area contributed by atoms with Crippen LogP contribution in [0.3, 0.4) is 0 Å². The van der Waals surface area contributed by atoms with Gasteiger partial charge in [-0.2, -0.15) is 0 Å². The minimum Gasteiger partial charge on any atom is -0.486 e. The van der Waals surface area contributed by atoms with Crippen LogP contribution >= 0.6 is 11.6 Å². The number of nitrogens with zero attached hydrogens (tertiary/aromatic N) is 1. The molecule has 8 heteroatoms. The fraction of sp³-hybridized carbons (Fsp3) is 0.381. The van der Waals surface area contributed by atoms with Crippen molar-refractivity contribution >= 4 is 17.6 Å². The molecule has 3 unspecified atom stereocenters. The van der Waals surface area contributed by atoms with Crippen LogP contribution in [-0.4, -0.2) is 31.4 Å². The number of nitrogens with two attached hydrogens (primary N) is 1. The Bertz CT molecular complexity index is 1030. The average molecular weight is 421 g/mol. The van der Waals surface area contributed by atoms with Crippen LogP contribution in [0.5, 0.6) is 5.75 Å². The lowest BCUT2D eigenvalue weighted by atomic mass is 9.66. The molecule has 5 nitrogen and oxygen atoms in total. The normalized spacial score (nSPS) is 30.2. The van der Waals surface area contributed by atoms with Crippen LogP contribution in [0.25, 0.3) is 11.1 Å². The quantitative estimate of drug-likeness (QED) is 0.757. The zero-order chi connectivity index (χ0) is 20.4. The van der Waals surface area contributed by atoms with Crippen LogP contribution in [0.4, 0.5) is 8.78 Å². The van der Waals surface area contributed by atoms with Gasteiger partial charge >= 0.3 is 0 Å². The number of benzene rings is 2. The molecule has 2 N–H and O–H groups in total. The highest BCUT2D eigenvalue weighted by atomic mass is 35.5. The van der Waals surface area contributed by atoms with Crippen molar-refractivity contribution in [1.29, 1.82) is 0 Å². The summed E-state index contributed by atoms with van der Waals surface area (Å²) in [4.78, 5) is 4.64. The first kappa shape index (κ1) is 18.6. The van der Waals surface area contributed by atoms with E-state index >= 15 is 4.39 Å². The number of aliphatic imine (C=N–C) groups is 1. The number of hydrogen-bond acceptors (Lipinski definition) is 5. The molecule has 1 fully saturated rings. The fourth-order valence-corrected chi connectivity index (χ4v) is 4.92. The van der Waals surface area contributed by atoms with Crippen molar-refractivity contribution in [2.75, 3.05) is 19.8 Å². The molecule has 2 aromatic rings. The minimum atomic E-state index is -0.869. The van der Waals surface area contributed by atoms with Gasteiger partial charge in [-0.05, 0) is 36.8 Å². The van der Waals surface area contributed by atoms with Gasteiger partial charge in [0.1, 0.15) is 35.1 Å². The second-order valence-electron chi connectivity index (χ2n) is 7.94. The van der Waals surface area contributed by atoms with Gasteiger partial charge in [0.05, 0.1) is 19.1 Å². The molecular weight excluding hydrogens is 402 g/mol. The molecule has 1 spiro atoms. The van der Waals surface area contributed by atoms with E-state index in [9.17, 15) is 4.39 Å². The zero-order valence-corrected chi connectivity index (χ0v) is 16.4. The number of hydrogen-bond donors (Lipinski definition) is 1. The van der Waals surface area contributed by atoms with E-state index in [4.69, 9.17) is 31.5 Å². The first-order chi connectivity index (χ1) is 13.8. The average Bonchev–Trinajstić information content (AvgIpc) is 3.02. The third-order valence-electron chi connectivity index (χ3n) is 6.14. The maximum absolute atomic E-state index is 15.1. The van der Waals surface area contributed by atoms with Crippen LogP contribution in [0.2, 0.25) is 5.02 Å². The van der Waals surface area contributed by atoms with Gasteiger partial charge in [0.15, 0.2) is 0 Å². The van der Waals surface area contributed by atoms with Gasteiger partial charge in [-0.15, -0.1) is 0 Å². The number of halogens is 3. The Labute approximate surface area is 171 Å². The summed E-state index contributed by atoms with van der Waals surface area (Å²) in [6.45, 7) is 3.14. The summed E-state index contributed by atoms with van der Waals surface area (Å²) in [6, 6.07) is 6.96. The smallest absolute Gasteiger partial charge is 0.283 e. The third-order valence-corrected chi connectivity index (χ3v) is 6.36. The predicted octanol–water partition coefficient (Wildman–Crippen LogP) is 4.01. The molecule has 0 amide bonds. The Hall–Kier alpha value is -2.38. The first-order valence-electron chi connectivity index (χ1n) is 9.36. The largest absolute Gasteiger partial charge is 0.486 e. The van der Waals surface area contributed by atoms with Gasteiger partial charge in [-0.25, -0.2) is 13.8 Å². The van der Waals surface area contributed by atoms with E-state index in [1.165, 1.54) is 24.3 Å². The van der Waals surface area contributed by atoms with E-state index in [0.29, 0.717) is 36.5 Å². The monoisotopic (exact) mass is 420 g/mol. The summed E-state index contributed by atoms with van der Waals surface area (Å²) < 4.78 is 46.5. The van der Waals surface area contributed by atoms with Crippen molar-refractivity contribution < 1.29 is 23.0 Å². The second kappa shape index (κ2) is 6.31. The number of rotatable bonds is 1. The van der Waals surface area contributed by atoms with E-state index in [1.807, 2.05) is 6.92 Å². The predicted molar refractivity (Wildman–Crippen MR) is 104 cm³/mol. The van der Waals surface area contributed by atoms with Gasteiger partial charge < -0.3 is 19.9 Å². The lowest BCUT2D eigenvalue weighted by Gasteiger charge is -2.52. The van der Waals surface area contributed by atoms with Gasteiger partial charge in [0.2, 0.25) is 0 Å². The molecule has 29 heavy (non-hydrogen) atoms. The zero-order valence-electron chi connectivity index (χ0n) is 15.7.